The van der Waals surface area contributed by atoms with Gasteiger partial charge in [0.2, 0.25) is 0 Å². The van der Waals surface area contributed by atoms with Crippen molar-refractivity contribution in [3.05, 3.63) is 0 Å². The Morgan fingerprint density at radius 3 is 2.83 bits per heavy atom. The summed E-state index contributed by atoms with van der Waals surface area (Å²) in [6.07, 6.45) is 5.99. The fourth-order valence-corrected chi connectivity index (χ4v) is 3.35. The maximum Gasteiger partial charge on any atom is 0.147 e. The number of carbonyl (C=O) groups excluding carboxylic acids is 1. The molecule has 0 unspecified atom stereocenters. The minimum Gasteiger partial charge on any atom is -0.376 e. The Labute approximate surface area is 72.3 Å². The predicted octanol–water partition coefficient (Wildman–Crippen LogP) is 1.53. The van der Waals surface area contributed by atoms with Gasteiger partial charge in [-0.15, -0.1) is 0 Å². The zero-order valence-electron chi connectivity index (χ0n) is 7.21. The molecule has 1 spiro atoms. The molecule has 3 fully saturated rings. The van der Waals surface area contributed by atoms with E-state index in [1.54, 1.807) is 0 Å². The van der Waals surface area contributed by atoms with Crippen molar-refractivity contribution in [3.63, 3.8) is 0 Å². The first kappa shape index (κ1) is 7.07. The molecule has 0 aromatic heterocycles. The molecule has 0 amide bonds. The molecule has 3 aliphatic rings. The van der Waals surface area contributed by atoms with Crippen molar-refractivity contribution in [2.75, 3.05) is 6.61 Å². The molecule has 2 saturated carbocycles. The van der Waals surface area contributed by atoms with Gasteiger partial charge < -0.3 is 4.74 Å². The van der Waals surface area contributed by atoms with Crippen LogP contribution in [-0.4, -0.2) is 18.5 Å². The van der Waals surface area contributed by atoms with Crippen LogP contribution >= 0.6 is 0 Å². The number of carbonyl (C=O) groups is 1. The SMILES string of the molecule is O=C1[C@@H]2CCO[C@H]2C12CCCC2. The van der Waals surface area contributed by atoms with Crippen LogP contribution in [0.1, 0.15) is 32.1 Å². The van der Waals surface area contributed by atoms with Crippen LogP contribution in [0.25, 0.3) is 0 Å². The van der Waals surface area contributed by atoms with Crippen molar-refractivity contribution < 1.29 is 9.53 Å². The summed E-state index contributed by atoms with van der Waals surface area (Å²) in [6, 6.07) is 0. The maximum atomic E-state index is 11.8. The summed E-state index contributed by atoms with van der Waals surface area (Å²) in [5.74, 6) is 0.825. The fraction of sp³-hybridized carbons (Fsp3) is 0.900. The average molecular weight is 166 g/mol. The van der Waals surface area contributed by atoms with E-state index in [0.29, 0.717) is 17.8 Å². The Kier molecular flexibility index (Phi) is 1.24. The van der Waals surface area contributed by atoms with Crippen LogP contribution < -0.4 is 0 Å². The van der Waals surface area contributed by atoms with Gasteiger partial charge in [-0.3, -0.25) is 4.79 Å². The van der Waals surface area contributed by atoms with E-state index in [0.717, 1.165) is 25.9 Å². The molecule has 0 N–H and O–H groups in total. The molecule has 2 heteroatoms. The first-order chi connectivity index (χ1) is 5.84. The smallest absolute Gasteiger partial charge is 0.147 e. The summed E-state index contributed by atoms with van der Waals surface area (Å²) < 4.78 is 5.64. The van der Waals surface area contributed by atoms with Crippen LogP contribution in [0.2, 0.25) is 0 Å². The second kappa shape index (κ2) is 2.11. The summed E-state index contributed by atoms with van der Waals surface area (Å²) in [6.45, 7) is 0.822. The second-order valence-electron chi connectivity index (χ2n) is 4.41. The van der Waals surface area contributed by atoms with Crippen LogP contribution in [0.4, 0.5) is 0 Å². The van der Waals surface area contributed by atoms with Gasteiger partial charge >= 0.3 is 0 Å². The van der Waals surface area contributed by atoms with Crippen molar-refractivity contribution in [2.45, 2.75) is 38.2 Å². The maximum absolute atomic E-state index is 11.8. The van der Waals surface area contributed by atoms with Crippen molar-refractivity contribution in [1.82, 2.24) is 0 Å². The topological polar surface area (TPSA) is 26.3 Å². The Hall–Kier alpha value is -0.370. The lowest BCUT2D eigenvalue weighted by Crippen LogP contribution is -2.58. The van der Waals surface area contributed by atoms with Crippen LogP contribution in [-0.2, 0) is 9.53 Å². The van der Waals surface area contributed by atoms with Gasteiger partial charge in [0, 0.05) is 12.5 Å². The number of hydrogen-bond acceptors (Lipinski definition) is 2. The third-order valence-electron chi connectivity index (χ3n) is 3.96. The Balaban J connectivity index is 1.92. The third-order valence-corrected chi connectivity index (χ3v) is 3.96. The molecule has 2 atom stereocenters. The summed E-state index contributed by atoms with van der Waals surface area (Å²) >= 11 is 0. The number of ether oxygens (including phenoxy) is 1. The molecule has 0 radical (unpaired) electrons. The lowest BCUT2D eigenvalue weighted by atomic mass is 9.57. The van der Waals surface area contributed by atoms with E-state index in [9.17, 15) is 4.79 Å². The molecule has 12 heavy (non-hydrogen) atoms. The number of rotatable bonds is 0. The van der Waals surface area contributed by atoms with Gasteiger partial charge in [-0.25, -0.2) is 0 Å². The first-order valence-corrected chi connectivity index (χ1v) is 5.00. The molecule has 2 aliphatic carbocycles. The second-order valence-corrected chi connectivity index (χ2v) is 4.41. The molecule has 0 aromatic carbocycles. The molecular formula is C10H14O2. The zero-order chi connectivity index (χ0) is 8.18. The summed E-state index contributed by atoms with van der Waals surface area (Å²) in [7, 11) is 0. The Morgan fingerprint density at radius 2 is 2.08 bits per heavy atom. The van der Waals surface area contributed by atoms with Crippen LogP contribution in [0.5, 0.6) is 0 Å². The summed E-state index contributed by atoms with van der Waals surface area (Å²) in [4.78, 5) is 11.8. The number of Topliss-reactive ketones (excluding diaryl/α,β-unsaturated/α-hetero) is 1. The molecule has 0 aromatic rings. The minimum absolute atomic E-state index is 0.0150. The molecule has 1 saturated heterocycles. The Bertz CT molecular complexity index is 228. The number of fused-ring (bicyclic) bond motifs is 2. The highest BCUT2D eigenvalue weighted by molar-refractivity contribution is 5.95. The highest BCUT2D eigenvalue weighted by atomic mass is 16.5. The van der Waals surface area contributed by atoms with Crippen molar-refractivity contribution in [3.8, 4) is 0 Å². The Morgan fingerprint density at radius 1 is 1.33 bits per heavy atom. The molecule has 3 rings (SSSR count). The number of hydrogen-bond donors (Lipinski definition) is 0. The highest BCUT2D eigenvalue weighted by Crippen LogP contribution is 2.57. The van der Waals surface area contributed by atoms with E-state index < -0.39 is 0 Å². The normalized spacial score (nSPS) is 43.2. The van der Waals surface area contributed by atoms with Crippen molar-refractivity contribution in [1.29, 1.82) is 0 Å². The minimum atomic E-state index is 0.0150. The summed E-state index contributed by atoms with van der Waals surface area (Å²) in [5.41, 5.74) is 0.0150. The lowest BCUT2D eigenvalue weighted by molar-refractivity contribution is -0.163. The van der Waals surface area contributed by atoms with Crippen LogP contribution in [0, 0.1) is 11.3 Å². The highest BCUT2D eigenvalue weighted by Gasteiger charge is 2.64. The van der Waals surface area contributed by atoms with Gasteiger partial charge in [-0.1, -0.05) is 12.8 Å². The fourth-order valence-electron chi connectivity index (χ4n) is 3.35. The standard InChI is InChI=1S/C10H14O2/c11-8-7-3-6-12-9(7)10(8)4-1-2-5-10/h7,9H,1-6H2/t7-,9+/m0/s1. The molecular weight excluding hydrogens is 152 g/mol. The van der Waals surface area contributed by atoms with E-state index in [1.807, 2.05) is 0 Å². The van der Waals surface area contributed by atoms with Gasteiger partial charge in [0.15, 0.2) is 0 Å². The van der Waals surface area contributed by atoms with E-state index >= 15 is 0 Å². The van der Waals surface area contributed by atoms with E-state index in [2.05, 4.69) is 0 Å². The molecule has 1 aliphatic heterocycles. The molecule has 0 bridgehead atoms. The van der Waals surface area contributed by atoms with Gasteiger partial charge in [-0.05, 0) is 19.3 Å². The quantitative estimate of drug-likeness (QED) is 0.545. The largest absolute Gasteiger partial charge is 0.376 e. The zero-order valence-corrected chi connectivity index (χ0v) is 7.21. The first-order valence-electron chi connectivity index (χ1n) is 5.00. The number of ketones is 1. The van der Waals surface area contributed by atoms with E-state index in [4.69, 9.17) is 4.74 Å². The van der Waals surface area contributed by atoms with Crippen molar-refractivity contribution >= 4 is 5.78 Å². The monoisotopic (exact) mass is 166 g/mol. The average Bonchev–Trinajstić information content (AvgIpc) is 2.72. The van der Waals surface area contributed by atoms with Crippen LogP contribution in [0.3, 0.4) is 0 Å². The predicted molar refractivity (Wildman–Crippen MR) is 43.8 cm³/mol. The molecule has 2 nitrogen and oxygen atoms in total. The van der Waals surface area contributed by atoms with E-state index in [1.165, 1.54) is 12.8 Å². The lowest BCUT2D eigenvalue weighted by Gasteiger charge is -2.47. The van der Waals surface area contributed by atoms with Gasteiger partial charge in [-0.2, -0.15) is 0 Å². The van der Waals surface area contributed by atoms with E-state index in [-0.39, 0.29) is 5.41 Å². The van der Waals surface area contributed by atoms with Gasteiger partial charge in [0.1, 0.15) is 5.78 Å². The van der Waals surface area contributed by atoms with Gasteiger partial charge in [0.25, 0.3) is 0 Å². The summed E-state index contributed by atoms with van der Waals surface area (Å²) in [5, 5.41) is 0. The molecule has 1 heterocycles. The molecule has 66 valence electrons. The van der Waals surface area contributed by atoms with Crippen molar-refractivity contribution in [2.24, 2.45) is 11.3 Å². The third kappa shape index (κ3) is 0.598. The van der Waals surface area contributed by atoms with Crippen LogP contribution in [0.15, 0.2) is 0 Å². The van der Waals surface area contributed by atoms with Gasteiger partial charge in [0.05, 0.1) is 11.5 Å².